The van der Waals surface area contributed by atoms with Gasteiger partial charge >= 0.3 is 0 Å². The molecular formula is C26H25F2N5O. The topological polar surface area (TPSA) is 76.6 Å². The second-order valence-corrected chi connectivity index (χ2v) is 9.07. The van der Waals surface area contributed by atoms with Gasteiger partial charge in [0.05, 0.1) is 17.8 Å². The Hall–Kier alpha value is -3.60. The van der Waals surface area contributed by atoms with Crippen LogP contribution in [0.4, 0.5) is 8.78 Å². The highest BCUT2D eigenvalue weighted by Crippen LogP contribution is 2.33. The van der Waals surface area contributed by atoms with Crippen LogP contribution in [0.15, 0.2) is 42.9 Å². The van der Waals surface area contributed by atoms with Crippen LogP contribution >= 0.6 is 0 Å². The molecule has 1 unspecified atom stereocenters. The third-order valence-corrected chi connectivity index (χ3v) is 6.49. The van der Waals surface area contributed by atoms with E-state index in [0.717, 1.165) is 61.8 Å². The predicted octanol–water partition coefficient (Wildman–Crippen LogP) is 5.24. The number of halogens is 2. The maximum atomic E-state index is 14.2. The van der Waals surface area contributed by atoms with Gasteiger partial charge in [0.2, 0.25) is 5.82 Å². The molecule has 0 bridgehead atoms. The third kappa shape index (κ3) is 5.14. The fraction of sp³-hybridized carbons (Fsp3) is 0.385. The van der Waals surface area contributed by atoms with Gasteiger partial charge < -0.3 is 9.30 Å². The molecule has 3 aromatic rings. The number of benzene rings is 1. The number of aromatic nitrogens is 4. The van der Waals surface area contributed by atoms with Gasteiger partial charge in [-0.15, -0.1) is 0 Å². The summed E-state index contributed by atoms with van der Waals surface area (Å²) in [7, 11) is 0. The highest BCUT2D eigenvalue weighted by Gasteiger charge is 2.24. The summed E-state index contributed by atoms with van der Waals surface area (Å²) in [5.74, 6) is 1.41. The molecular weight excluding hydrogens is 436 g/mol. The number of rotatable bonds is 8. The molecule has 1 atom stereocenters. The van der Waals surface area contributed by atoms with Crippen LogP contribution in [0.5, 0.6) is 5.88 Å². The molecule has 2 heterocycles. The van der Waals surface area contributed by atoms with Crippen molar-refractivity contribution in [3.63, 3.8) is 0 Å². The van der Waals surface area contributed by atoms with Crippen molar-refractivity contribution in [2.45, 2.75) is 51.7 Å². The van der Waals surface area contributed by atoms with Crippen molar-refractivity contribution >= 4 is 5.57 Å². The summed E-state index contributed by atoms with van der Waals surface area (Å²) >= 11 is 0. The van der Waals surface area contributed by atoms with Gasteiger partial charge in [-0.3, -0.25) is 0 Å². The molecule has 0 saturated heterocycles. The monoisotopic (exact) mass is 461 g/mol. The maximum Gasteiger partial charge on any atom is 0.254 e. The summed E-state index contributed by atoms with van der Waals surface area (Å²) in [5, 5.41) is 8.85. The molecule has 1 saturated carbocycles. The van der Waals surface area contributed by atoms with Gasteiger partial charge in [0.15, 0.2) is 5.82 Å². The van der Waals surface area contributed by atoms with Gasteiger partial charge in [-0.25, -0.2) is 14.4 Å². The summed E-state index contributed by atoms with van der Waals surface area (Å²) < 4.78 is 36.1. The first-order valence-corrected chi connectivity index (χ1v) is 11.6. The van der Waals surface area contributed by atoms with Crippen molar-refractivity contribution in [1.82, 2.24) is 19.5 Å². The number of hydrogen-bond donors (Lipinski definition) is 0. The average Bonchev–Trinajstić information content (AvgIpc) is 3.57. The van der Waals surface area contributed by atoms with Crippen molar-refractivity contribution in [1.29, 1.82) is 5.26 Å². The number of allylic oxidation sites excluding steroid dienone is 2. The first kappa shape index (κ1) is 22.2. The number of nitrogens with zero attached hydrogens (tertiary/aromatic N) is 5. The van der Waals surface area contributed by atoms with Crippen molar-refractivity contribution in [3.8, 4) is 11.9 Å². The largest absolute Gasteiger partial charge is 0.471 e. The second-order valence-electron chi connectivity index (χ2n) is 9.07. The van der Waals surface area contributed by atoms with E-state index in [4.69, 9.17) is 10.00 Å². The summed E-state index contributed by atoms with van der Waals surface area (Å²) in [6, 6.07) is 5.95. The lowest BCUT2D eigenvalue weighted by Crippen LogP contribution is -2.14. The van der Waals surface area contributed by atoms with Crippen molar-refractivity contribution in [3.05, 3.63) is 77.3 Å². The second kappa shape index (κ2) is 9.72. The van der Waals surface area contributed by atoms with Crippen LogP contribution in [-0.2, 0) is 19.6 Å². The van der Waals surface area contributed by atoms with E-state index >= 15 is 0 Å². The first-order valence-electron chi connectivity index (χ1n) is 11.6. The molecule has 2 aliphatic rings. The van der Waals surface area contributed by atoms with Crippen LogP contribution in [0.3, 0.4) is 0 Å². The molecule has 2 aromatic heterocycles. The molecule has 5 rings (SSSR count). The summed E-state index contributed by atoms with van der Waals surface area (Å²) in [6.45, 7) is 0.876. The number of hydrogen-bond acceptors (Lipinski definition) is 5. The van der Waals surface area contributed by atoms with Crippen molar-refractivity contribution < 1.29 is 13.5 Å². The molecule has 6 nitrogen and oxygen atoms in total. The SMILES string of the molecule is N#Cc1ccc(COc2nc(C3=CCC(Cc4nccn4CC4CC4)CC3)ncc2F)c(F)c1. The molecule has 2 aliphatic carbocycles. The van der Waals surface area contributed by atoms with Gasteiger partial charge in [-0.2, -0.15) is 14.6 Å². The van der Waals surface area contributed by atoms with E-state index in [1.54, 1.807) is 0 Å². The zero-order valence-electron chi connectivity index (χ0n) is 18.8. The Kier molecular flexibility index (Phi) is 6.35. The van der Waals surface area contributed by atoms with Crippen LogP contribution in [0.1, 0.15) is 54.9 Å². The smallest absolute Gasteiger partial charge is 0.254 e. The van der Waals surface area contributed by atoms with E-state index in [1.165, 1.54) is 25.0 Å². The molecule has 0 N–H and O–H groups in total. The molecule has 1 aromatic carbocycles. The molecule has 1 fully saturated rings. The quantitative estimate of drug-likeness (QED) is 0.459. The summed E-state index contributed by atoms with van der Waals surface area (Å²) in [5.41, 5.74) is 1.40. The standard InChI is InChI=1S/C26H25F2N5O/c27-22-11-19(13-29)5-8-21(22)16-34-26-23(28)14-31-25(32-26)20-6-3-17(4-7-20)12-24-30-9-10-33(24)15-18-1-2-18/h5-6,8-11,14,17-18H,1-4,7,12,15-16H2. The summed E-state index contributed by atoms with van der Waals surface area (Å²) in [4.78, 5) is 13.0. The maximum absolute atomic E-state index is 14.2. The van der Waals surface area contributed by atoms with E-state index in [1.807, 2.05) is 12.3 Å². The zero-order valence-corrected chi connectivity index (χ0v) is 18.8. The molecule has 34 heavy (non-hydrogen) atoms. The first-order chi connectivity index (χ1) is 16.6. The Bertz CT molecular complexity index is 1260. The summed E-state index contributed by atoms with van der Waals surface area (Å²) in [6.07, 6.45) is 13.4. The lowest BCUT2D eigenvalue weighted by atomic mass is 9.87. The van der Waals surface area contributed by atoms with Gasteiger partial charge in [0, 0.05) is 30.9 Å². The molecule has 0 amide bonds. The van der Waals surface area contributed by atoms with E-state index < -0.39 is 11.6 Å². The van der Waals surface area contributed by atoms with E-state index in [2.05, 4.69) is 31.8 Å². The average molecular weight is 462 g/mol. The van der Waals surface area contributed by atoms with E-state index in [9.17, 15) is 8.78 Å². The number of nitriles is 1. The fourth-order valence-electron chi connectivity index (χ4n) is 4.30. The van der Waals surface area contributed by atoms with Crippen LogP contribution in [0.2, 0.25) is 0 Å². The van der Waals surface area contributed by atoms with Crippen molar-refractivity contribution in [2.24, 2.45) is 11.8 Å². The van der Waals surface area contributed by atoms with Gasteiger partial charge in [0.1, 0.15) is 18.2 Å². The normalized spacial score (nSPS) is 17.8. The molecule has 0 aliphatic heterocycles. The minimum absolute atomic E-state index is 0.195. The van der Waals surface area contributed by atoms with Crippen LogP contribution < -0.4 is 4.74 Å². The minimum Gasteiger partial charge on any atom is -0.471 e. The lowest BCUT2D eigenvalue weighted by Gasteiger charge is -2.21. The van der Waals surface area contributed by atoms with Crippen LogP contribution in [-0.4, -0.2) is 19.5 Å². The lowest BCUT2D eigenvalue weighted by molar-refractivity contribution is 0.270. The molecule has 8 heteroatoms. The van der Waals surface area contributed by atoms with E-state index in [-0.39, 0.29) is 23.6 Å². The molecule has 174 valence electrons. The Morgan fingerprint density at radius 2 is 2.00 bits per heavy atom. The van der Waals surface area contributed by atoms with Gasteiger partial charge in [0.25, 0.3) is 5.88 Å². The highest BCUT2D eigenvalue weighted by molar-refractivity contribution is 5.60. The molecule has 0 radical (unpaired) electrons. The minimum atomic E-state index is -0.699. The Balaban J connectivity index is 1.22. The van der Waals surface area contributed by atoms with Crippen LogP contribution in [0, 0.1) is 34.8 Å². The van der Waals surface area contributed by atoms with Gasteiger partial charge in [-0.05, 0) is 61.6 Å². The highest BCUT2D eigenvalue weighted by atomic mass is 19.1. The number of ether oxygens (including phenoxy) is 1. The predicted molar refractivity (Wildman–Crippen MR) is 121 cm³/mol. The Morgan fingerprint density at radius 3 is 2.74 bits per heavy atom. The van der Waals surface area contributed by atoms with Crippen LogP contribution in [0.25, 0.3) is 5.57 Å². The third-order valence-electron chi connectivity index (χ3n) is 6.49. The van der Waals surface area contributed by atoms with Gasteiger partial charge in [-0.1, -0.05) is 12.1 Å². The van der Waals surface area contributed by atoms with E-state index in [0.29, 0.717) is 11.7 Å². The molecule has 0 spiro atoms. The fourth-order valence-corrected chi connectivity index (χ4v) is 4.30. The van der Waals surface area contributed by atoms with Crippen molar-refractivity contribution in [2.75, 3.05) is 0 Å². The zero-order chi connectivity index (χ0) is 23.5. The Morgan fingerprint density at radius 1 is 1.12 bits per heavy atom. The number of imidazole rings is 1. The Labute approximate surface area is 197 Å².